The number of benzene rings is 2. The highest BCUT2D eigenvalue weighted by molar-refractivity contribution is 5.91. The first-order chi connectivity index (χ1) is 14.7. The number of hydrogen-bond acceptors (Lipinski definition) is 4. The maximum absolute atomic E-state index is 13.4. The number of quaternary nitrogens is 1. The molecule has 0 saturated heterocycles. The van der Waals surface area contributed by atoms with Crippen LogP contribution in [0.1, 0.15) is 70.4 Å². The van der Waals surface area contributed by atoms with Gasteiger partial charge in [-0.3, -0.25) is 4.90 Å². The Morgan fingerprint density at radius 1 is 1.00 bits per heavy atom. The number of hydrogen-bond donors (Lipinski definition) is 0. The Bertz CT molecular complexity index is 912. The van der Waals surface area contributed by atoms with Crippen LogP contribution in [0.3, 0.4) is 0 Å². The molecular weight excluding hydrogens is 392 g/mol. The van der Waals surface area contributed by atoms with E-state index in [-0.39, 0.29) is 11.8 Å². The zero-order chi connectivity index (χ0) is 23.2. The monoisotopic (exact) mass is 426 g/mol. The molecule has 0 aromatic heterocycles. The van der Waals surface area contributed by atoms with Gasteiger partial charge in [-0.15, -0.1) is 0 Å². The fourth-order valence-electron chi connectivity index (χ4n) is 3.66. The molecule has 2 atom stereocenters. The zero-order valence-electron chi connectivity index (χ0n) is 19.4. The standard InChI is InChI=1S/C25H34N2O4/c1-7-17-26(22-15-11-9-14-21(22)19(5)8-2)24(28)31-27(6,25(29)30)23-16-12-10-13-20(23)18(3)4/h9-16,18-19H,7-8,17H2,1-6H3. The maximum atomic E-state index is 13.4. The van der Waals surface area contributed by atoms with Crippen molar-refractivity contribution < 1.29 is 19.5 Å². The van der Waals surface area contributed by atoms with Gasteiger partial charge in [0.25, 0.3) is 0 Å². The molecule has 0 aliphatic carbocycles. The van der Waals surface area contributed by atoms with Crippen molar-refractivity contribution in [3.05, 3.63) is 59.7 Å². The smallest absolute Gasteiger partial charge is 0.470 e. The normalized spacial score (nSPS) is 14.0. The Morgan fingerprint density at radius 2 is 1.58 bits per heavy atom. The third kappa shape index (κ3) is 5.25. The highest BCUT2D eigenvalue weighted by Crippen LogP contribution is 2.34. The first-order valence-electron chi connectivity index (χ1n) is 10.9. The molecule has 0 aliphatic heterocycles. The van der Waals surface area contributed by atoms with Crippen molar-refractivity contribution in [2.45, 2.75) is 59.3 Å². The van der Waals surface area contributed by atoms with E-state index in [2.05, 4.69) is 13.8 Å². The summed E-state index contributed by atoms with van der Waals surface area (Å²) in [7, 11) is 1.33. The van der Waals surface area contributed by atoms with Crippen LogP contribution in [0.5, 0.6) is 0 Å². The summed E-state index contributed by atoms with van der Waals surface area (Å²) in [4.78, 5) is 32.8. The van der Waals surface area contributed by atoms with Gasteiger partial charge in [0, 0.05) is 18.2 Å². The van der Waals surface area contributed by atoms with Gasteiger partial charge in [0.15, 0.2) is 5.69 Å². The number of carbonyl (C=O) groups is 2. The largest absolute Gasteiger partial charge is 0.495 e. The molecule has 6 nitrogen and oxygen atoms in total. The summed E-state index contributed by atoms with van der Waals surface area (Å²) >= 11 is 0. The molecule has 2 aromatic carbocycles. The third-order valence-corrected chi connectivity index (χ3v) is 5.67. The summed E-state index contributed by atoms with van der Waals surface area (Å²) in [5.41, 5.74) is 2.92. The molecule has 2 rings (SSSR count). The molecule has 0 saturated carbocycles. The Morgan fingerprint density at radius 3 is 2.13 bits per heavy atom. The minimum absolute atomic E-state index is 0.0459. The molecule has 0 radical (unpaired) electrons. The predicted molar refractivity (Wildman–Crippen MR) is 123 cm³/mol. The van der Waals surface area contributed by atoms with Gasteiger partial charge in [0.1, 0.15) is 7.05 Å². The van der Waals surface area contributed by atoms with Crippen molar-refractivity contribution in [1.29, 1.82) is 0 Å². The summed E-state index contributed by atoms with van der Waals surface area (Å²) < 4.78 is -1.08. The molecule has 6 heteroatoms. The molecule has 2 unspecified atom stereocenters. The van der Waals surface area contributed by atoms with Crippen LogP contribution in [0, 0.1) is 0 Å². The molecular formula is C25H34N2O4. The van der Waals surface area contributed by atoms with Crippen molar-refractivity contribution in [3.8, 4) is 0 Å². The predicted octanol–water partition coefficient (Wildman–Crippen LogP) is 5.57. The van der Waals surface area contributed by atoms with Gasteiger partial charge in [-0.25, -0.2) is 9.63 Å². The van der Waals surface area contributed by atoms with Crippen LogP contribution >= 0.6 is 0 Å². The van der Waals surface area contributed by atoms with Crippen molar-refractivity contribution in [1.82, 2.24) is 4.65 Å². The van der Waals surface area contributed by atoms with Crippen LogP contribution in [0.2, 0.25) is 0 Å². The number of anilines is 1. The van der Waals surface area contributed by atoms with Gasteiger partial charge in [-0.1, -0.05) is 75.7 Å². The quantitative estimate of drug-likeness (QED) is 0.428. The highest BCUT2D eigenvalue weighted by Gasteiger charge is 2.39. The van der Waals surface area contributed by atoms with E-state index in [1.54, 1.807) is 12.1 Å². The van der Waals surface area contributed by atoms with Gasteiger partial charge in [-0.05, 0) is 36.3 Å². The van der Waals surface area contributed by atoms with E-state index in [1.165, 1.54) is 11.9 Å². The third-order valence-electron chi connectivity index (χ3n) is 5.67. The van der Waals surface area contributed by atoms with Crippen LogP contribution in [-0.4, -0.2) is 25.8 Å². The number of hydroxylamine groups is 2. The van der Waals surface area contributed by atoms with Crippen LogP contribution in [0.4, 0.5) is 21.0 Å². The number of nitrogens with zero attached hydrogens (tertiary/aromatic N) is 2. The SMILES string of the molecule is CCCN(C(=O)O[N+](C)(C(=O)[O-])c1ccccc1C(C)C)c1ccccc1C(C)CC. The van der Waals surface area contributed by atoms with E-state index in [0.717, 1.165) is 23.2 Å². The second kappa shape index (κ2) is 10.4. The number of amides is 2. The first kappa shape index (κ1) is 24.4. The average Bonchev–Trinajstić information content (AvgIpc) is 2.76. The van der Waals surface area contributed by atoms with E-state index >= 15 is 0 Å². The molecule has 0 heterocycles. The van der Waals surface area contributed by atoms with Crippen molar-refractivity contribution >= 4 is 23.6 Å². The molecule has 2 amide bonds. The summed E-state index contributed by atoms with van der Waals surface area (Å²) in [5.74, 6) is 0.289. The topological polar surface area (TPSA) is 69.7 Å². The van der Waals surface area contributed by atoms with Gasteiger partial charge in [-0.2, -0.15) is 0 Å². The second-order valence-corrected chi connectivity index (χ2v) is 8.28. The van der Waals surface area contributed by atoms with E-state index < -0.39 is 16.8 Å². The summed E-state index contributed by atoms with van der Waals surface area (Å²) in [6, 6.07) is 14.8. The number of para-hydroxylation sites is 2. The van der Waals surface area contributed by atoms with E-state index in [0.29, 0.717) is 18.7 Å². The van der Waals surface area contributed by atoms with Crippen molar-refractivity contribution in [2.75, 3.05) is 18.5 Å². The maximum Gasteiger partial charge on any atom is 0.470 e. The molecule has 0 spiro atoms. The minimum Gasteiger partial charge on any atom is -0.495 e. The van der Waals surface area contributed by atoms with E-state index in [4.69, 9.17) is 4.84 Å². The lowest BCUT2D eigenvalue weighted by Crippen LogP contribution is -2.60. The Labute approximate surface area is 185 Å². The molecule has 2 aromatic rings. The fourth-order valence-corrected chi connectivity index (χ4v) is 3.66. The fraction of sp³-hybridized carbons (Fsp3) is 0.440. The van der Waals surface area contributed by atoms with Gasteiger partial charge < -0.3 is 9.90 Å². The van der Waals surface area contributed by atoms with Crippen LogP contribution < -0.4 is 14.7 Å². The second-order valence-electron chi connectivity index (χ2n) is 8.28. The molecule has 0 N–H and O–H groups in total. The molecule has 31 heavy (non-hydrogen) atoms. The number of rotatable bonds is 7. The Balaban J connectivity index is 2.51. The first-order valence-corrected chi connectivity index (χ1v) is 10.9. The van der Waals surface area contributed by atoms with Crippen LogP contribution in [0.15, 0.2) is 48.5 Å². The molecule has 0 fully saturated rings. The summed E-state index contributed by atoms with van der Waals surface area (Å²) in [6.07, 6.45) is -0.613. The van der Waals surface area contributed by atoms with Gasteiger partial charge in [0.05, 0.1) is 5.69 Å². The van der Waals surface area contributed by atoms with E-state index in [9.17, 15) is 14.7 Å². The Hall–Kier alpha value is -2.86. The van der Waals surface area contributed by atoms with Crippen molar-refractivity contribution in [3.63, 3.8) is 0 Å². The van der Waals surface area contributed by atoms with Crippen LogP contribution in [0.25, 0.3) is 0 Å². The van der Waals surface area contributed by atoms with Crippen LogP contribution in [-0.2, 0) is 4.84 Å². The number of carbonyl (C=O) groups excluding carboxylic acids is 2. The zero-order valence-corrected chi connectivity index (χ0v) is 19.4. The highest BCUT2D eigenvalue weighted by atomic mass is 16.8. The van der Waals surface area contributed by atoms with Gasteiger partial charge in [0.2, 0.25) is 0 Å². The molecule has 168 valence electrons. The van der Waals surface area contributed by atoms with Gasteiger partial charge >= 0.3 is 12.2 Å². The lowest BCUT2D eigenvalue weighted by Gasteiger charge is -2.34. The summed E-state index contributed by atoms with van der Waals surface area (Å²) in [5, 5.41) is 12.2. The average molecular weight is 427 g/mol. The number of carboxylic acid groups (broad SMARTS) is 1. The molecule has 0 aliphatic rings. The lowest BCUT2D eigenvalue weighted by atomic mass is 9.96. The summed E-state index contributed by atoms with van der Waals surface area (Å²) in [6.45, 7) is 10.5. The van der Waals surface area contributed by atoms with E-state index in [1.807, 2.05) is 57.2 Å². The lowest BCUT2D eigenvalue weighted by molar-refractivity contribution is -0.285. The van der Waals surface area contributed by atoms with Crippen molar-refractivity contribution in [2.24, 2.45) is 0 Å². The molecule has 0 bridgehead atoms. The Kier molecular flexibility index (Phi) is 8.22. The minimum atomic E-state index is -1.51.